The zero-order valence-electron chi connectivity index (χ0n) is 12.0. The van der Waals surface area contributed by atoms with Crippen LogP contribution in [0.4, 0.5) is 0 Å². The molecule has 0 spiro atoms. The van der Waals surface area contributed by atoms with Gasteiger partial charge in [-0.1, -0.05) is 41.4 Å². The van der Waals surface area contributed by atoms with Gasteiger partial charge in [-0.3, -0.25) is 0 Å². The van der Waals surface area contributed by atoms with E-state index in [0.717, 1.165) is 22.1 Å². The molecule has 0 aliphatic heterocycles. The van der Waals surface area contributed by atoms with Gasteiger partial charge in [0.25, 0.3) is 0 Å². The second-order valence-electron chi connectivity index (χ2n) is 5.23. The summed E-state index contributed by atoms with van der Waals surface area (Å²) < 4.78 is 0. The Morgan fingerprint density at radius 3 is 2.48 bits per heavy atom. The van der Waals surface area contributed by atoms with Crippen molar-refractivity contribution in [2.24, 2.45) is 0 Å². The molecule has 0 amide bonds. The van der Waals surface area contributed by atoms with Gasteiger partial charge in [0.2, 0.25) is 0 Å². The van der Waals surface area contributed by atoms with Crippen molar-refractivity contribution in [3.05, 3.63) is 57.2 Å². The number of benzene rings is 2. The predicted octanol–water partition coefficient (Wildman–Crippen LogP) is 5.53. The highest BCUT2D eigenvalue weighted by Gasteiger charge is 2.13. The van der Waals surface area contributed by atoms with Crippen LogP contribution in [0.3, 0.4) is 0 Å². The molecule has 3 rings (SSSR count). The number of rotatable bonds is 1. The summed E-state index contributed by atoms with van der Waals surface area (Å²) >= 11 is 12.7. The zero-order valence-corrected chi connectivity index (χ0v) is 13.5. The average molecular weight is 317 g/mol. The first-order valence-electron chi connectivity index (χ1n) is 6.67. The second kappa shape index (κ2) is 5.28. The number of halogens is 2. The Labute approximate surface area is 133 Å². The number of fused-ring (bicyclic) bond motifs is 1. The van der Waals surface area contributed by atoms with Crippen LogP contribution in [0, 0.1) is 20.8 Å². The topological polar surface area (TPSA) is 25.8 Å². The van der Waals surface area contributed by atoms with Crippen LogP contribution in [0.5, 0.6) is 0 Å². The van der Waals surface area contributed by atoms with Gasteiger partial charge in [-0.2, -0.15) is 0 Å². The lowest BCUT2D eigenvalue weighted by atomic mass is 10.0. The van der Waals surface area contributed by atoms with Crippen LogP contribution in [0.2, 0.25) is 10.2 Å². The molecular formula is C17H14Cl2N2. The Morgan fingerprint density at radius 2 is 1.71 bits per heavy atom. The van der Waals surface area contributed by atoms with Gasteiger partial charge in [0.1, 0.15) is 5.15 Å². The normalized spacial score (nSPS) is 11.1. The van der Waals surface area contributed by atoms with Crippen LogP contribution in [0.15, 0.2) is 30.3 Å². The third kappa shape index (κ3) is 2.50. The first-order chi connectivity index (χ1) is 9.97. The lowest BCUT2D eigenvalue weighted by molar-refractivity contribution is 1.20. The van der Waals surface area contributed by atoms with E-state index < -0.39 is 0 Å². The zero-order chi connectivity index (χ0) is 15.1. The van der Waals surface area contributed by atoms with E-state index in [1.807, 2.05) is 31.2 Å². The monoisotopic (exact) mass is 316 g/mol. The lowest BCUT2D eigenvalue weighted by Crippen LogP contribution is -1.96. The van der Waals surface area contributed by atoms with Gasteiger partial charge in [0.05, 0.1) is 10.5 Å². The van der Waals surface area contributed by atoms with Crippen molar-refractivity contribution in [2.75, 3.05) is 0 Å². The van der Waals surface area contributed by atoms with Crippen molar-refractivity contribution >= 4 is 34.1 Å². The summed E-state index contributed by atoms with van der Waals surface area (Å²) in [6.45, 7) is 6.10. The first-order valence-corrected chi connectivity index (χ1v) is 7.43. The molecule has 2 nitrogen and oxygen atoms in total. The standard InChI is InChI=1S/C17H14Cl2N2/c1-9-7-13-15(14(18)8-9)20-17(21-16(13)19)12-6-4-5-10(2)11(12)3/h4-8H,1-3H3. The van der Waals surface area contributed by atoms with E-state index in [9.17, 15) is 0 Å². The van der Waals surface area contributed by atoms with Crippen LogP contribution in [-0.4, -0.2) is 9.97 Å². The summed E-state index contributed by atoms with van der Waals surface area (Å²) in [7, 11) is 0. The van der Waals surface area contributed by atoms with Crippen molar-refractivity contribution in [3.8, 4) is 11.4 Å². The van der Waals surface area contributed by atoms with Crippen LogP contribution in [-0.2, 0) is 0 Å². The van der Waals surface area contributed by atoms with Crippen LogP contribution in [0.1, 0.15) is 16.7 Å². The largest absolute Gasteiger partial charge is 0.226 e. The highest BCUT2D eigenvalue weighted by molar-refractivity contribution is 6.38. The van der Waals surface area contributed by atoms with Gasteiger partial charge in [-0.25, -0.2) is 9.97 Å². The fourth-order valence-corrected chi connectivity index (χ4v) is 2.94. The quantitative estimate of drug-likeness (QED) is 0.552. The first kappa shape index (κ1) is 14.3. The number of hydrogen-bond acceptors (Lipinski definition) is 2. The molecule has 0 aliphatic carbocycles. The summed E-state index contributed by atoms with van der Waals surface area (Å²) in [5.41, 5.74) is 5.06. The molecule has 1 heterocycles. The molecule has 0 unspecified atom stereocenters. The van der Waals surface area contributed by atoms with E-state index >= 15 is 0 Å². The second-order valence-corrected chi connectivity index (χ2v) is 5.99. The Balaban J connectivity index is 2.33. The molecule has 0 atom stereocenters. The minimum Gasteiger partial charge on any atom is -0.226 e. The molecule has 0 saturated heterocycles. The van der Waals surface area contributed by atoms with Crippen LogP contribution >= 0.6 is 23.2 Å². The van der Waals surface area contributed by atoms with E-state index in [0.29, 0.717) is 21.5 Å². The van der Waals surface area contributed by atoms with E-state index in [1.165, 1.54) is 5.56 Å². The summed E-state index contributed by atoms with van der Waals surface area (Å²) in [6, 6.07) is 9.91. The molecule has 21 heavy (non-hydrogen) atoms. The van der Waals surface area contributed by atoms with Crippen LogP contribution < -0.4 is 0 Å². The van der Waals surface area contributed by atoms with E-state index in [2.05, 4.69) is 29.9 Å². The Kier molecular flexibility index (Phi) is 3.60. The number of aromatic nitrogens is 2. The van der Waals surface area contributed by atoms with Gasteiger partial charge >= 0.3 is 0 Å². The average Bonchev–Trinajstić information content (AvgIpc) is 2.43. The molecule has 0 fully saturated rings. The van der Waals surface area contributed by atoms with E-state index in [1.54, 1.807) is 0 Å². The van der Waals surface area contributed by atoms with Gasteiger partial charge in [-0.15, -0.1) is 0 Å². The predicted molar refractivity (Wildman–Crippen MR) is 89.2 cm³/mol. The molecule has 4 heteroatoms. The van der Waals surface area contributed by atoms with Gasteiger partial charge in [0.15, 0.2) is 5.82 Å². The molecule has 106 valence electrons. The van der Waals surface area contributed by atoms with Crippen LogP contribution in [0.25, 0.3) is 22.3 Å². The summed E-state index contributed by atoms with van der Waals surface area (Å²) in [4.78, 5) is 9.07. The summed E-state index contributed by atoms with van der Waals surface area (Å²) in [5, 5.41) is 1.82. The molecule has 2 aromatic carbocycles. The van der Waals surface area contributed by atoms with Crippen molar-refractivity contribution < 1.29 is 0 Å². The molecule has 0 N–H and O–H groups in total. The van der Waals surface area contributed by atoms with Crippen molar-refractivity contribution in [1.29, 1.82) is 0 Å². The Morgan fingerprint density at radius 1 is 0.952 bits per heavy atom. The van der Waals surface area contributed by atoms with E-state index in [4.69, 9.17) is 23.2 Å². The third-order valence-electron chi connectivity index (χ3n) is 3.70. The number of nitrogens with zero attached hydrogens (tertiary/aromatic N) is 2. The van der Waals surface area contributed by atoms with Gasteiger partial charge < -0.3 is 0 Å². The number of hydrogen-bond donors (Lipinski definition) is 0. The van der Waals surface area contributed by atoms with Gasteiger partial charge in [-0.05, 0) is 49.6 Å². The highest BCUT2D eigenvalue weighted by atomic mass is 35.5. The molecule has 0 aliphatic rings. The minimum absolute atomic E-state index is 0.432. The smallest absolute Gasteiger partial charge is 0.161 e. The maximum absolute atomic E-state index is 6.34. The SMILES string of the molecule is Cc1cc(Cl)c2nc(-c3cccc(C)c3C)nc(Cl)c2c1. The lowest BCUT2D eigenvalue weighted by Gasteiger charge is -2.10. The highest BCUT2D eigenvalue weighted by Crippen LogP contribution is 2.31. The molecule has 0 radical (unpaired) electrons. The maximum atomic E-state index is 6.34. The van der Waals surface area contributed by atoms with Gasteiger partial charge in [0, 0.05) is 10.9 Å². The van der Waals surface area contributed by atoms with E-state index in [-0.39, 0.29) is 0 Å². The minimum atomic E-state index is 0.432. The Hall–Kier alpha value is -1.64. The fourth-order valence-electron chi connectivity index (χ4n) is 2.40. The van der Waals surface area contributed by atoms with Crippen molar-refractivity contribution in [3.63, 3.8) is 0 Å². The molecule has 0 saturated carbocycles. The molecule has 1 aromatic heterocycles. The third-order valence-corrected chi connectivity index (χ3v) is 4.27. The number of aryl methyl sites for hydroxylation is 2. The summed E-state index contributed by atoms with van der Waals surface area (Å²) in [6.07, 6.45) is 0. The van der Waals surface area contributed by atoms with Crippen molar-refractivity contribution in [2.45, 2.75) is 20.8 Å². The molecular weight excluding hydrogens is 303 g/mol. The fraction of sp³-hybridized carbons (Fsp3) is 0.176. The summed E-state index contributed by atoms with van der Waals surface area (Å²) in [5.74, 6) is 0.611. The maximum Gasteiger partial charge on any atom is 0.161 e. The Bertz CT molecular complexity index is 857. The molecule has 3 aromatic rings. The van der Waals surface area contributed by atoms with Crippen molar-refractivity contribution in [1.82, 2.24) is 9.97 Å². The molecule has 0 bridgehead atoms.